The van der Waals surface area contributed by atoms with Gasteiger partial charge in [-0.25, -0.2) is 8.78 Å². The van der Waals surface area contributed by atoms with Crippen LogP contribution in [0.1, 0.15) is 13.3 Å². The summed E-state index contributed by atoms with van der Waals surface area (Å²) in [5.41, 5.74) is 2.90. The average Bonchev–Trinajstić information content (AvgIpc) is 1.90. The molecular formula is C6H11F2NO2. The Kier molecular flexibility index (Phi) is 3.38. The third-order valence-corrected chi connectivity index (χ3v) is 1.84. The molecule has 0 aliphatic carbocycles. The molecule has 0 fully saturated rings. The Labute approximate surface area is 63.2 Å². The summed E-state index contributed by atoms with van der Waals surface area (Å²) in [6, 6.07) is 0. The van der Waals surface area contributed by atoms with Crippen LogP contribution in [0.15, 0.2) is 0 Å². The fourth-order valence-electron chi connectivity index (χ4n) is 0.720. The number of carboxylic acids is 1. The van der Waals surface area contributed by atoms with Gasteiger partial charge in [-0.05, 0) is 6.42 Å². The number of hydrogen-bond acceptors (Lipinski definition) is 2. The molecule has 5 heteroatoms. The van der Waals surface area contributed by atoms with Crippen LogP contribution < -0.4 is 5.73 Å². The van der Waals surface area contributed by atoms with Crippen molar-refractivity contribution < 1.29 is 18.7 Å². The highest BCUT2D eigenvalue weighted by molar-refractivity contribution is 5.75. The first-order chi connectivity index (χ1) is 5.01. The van der Waals surface area contributed by atoms with E-state index in [1.807, 2.05) is 0 Å². The van der Waals surface area contributed by atoms with Crippen molar-refractivity contribution in [3.63, 3.8) is 0 Å². The van der Waals surface area contributed by atoms with Crippen molar-refractivity contribution in [2.75, 3.05) is 6.54 Å². The van der Waals surface area contributed by atoms with Crippen LogP contribution in [0.2, 0.25) is 0 Å². The molecule has 1 atom stereocenters. The van der Waals surface area contributed by atoms with Crippen LogP contribution in [0, 0.1) is 5.41 Å². The monoisotopic (exact) mass is 167 g/mol. The van der Waals surface area contributed by atoms with Crippen LogP contribution in [0.25, 0.3) is 0 Å². The maximum Gasteiger partial charge on any atom is 0.316 e. The molecule has 0 aromatic carbocycles. The lowest BCUT2D eigenvalue weighted by Crippen LogP contribution is -2.44. The molecule has 0 radical (unpaired) electrons. The second kappa shape index (κ2) is 3.61. The van der Waals surface area contributed by atoms with E-state index in [1.165, 1.54) is 6.92 Å². The minimum absolute atomic E-state index is 0.156. The molecule has 0 heterocycles. The molecule has 0 saturated carbocycles. The van der Waals surface area contributed by atoms with Gasteiger partial charge in [-0.1, -0.05) is 6.92 Å². The van der Waals surface area contributed by atoms with Gasteiger partial charge in [-0.15, -0.1) is 0 Å². The molecule has 0 saturated heterocycles. The van der Waals surface area contributed by atoms with Gasteiger partial charge in [0.25, 0.3) is 6.43 Å². The van der Waals surface area contributed by atoms with E-state index >= 15 is 0 Å². The van der Waals surface area contributed by atoms with Gasteiger partial charge in [0, 0.05) is 6.54 Å². The number of nitrogens with two attached hydrogens (primary N) is 1. The maximum atomic E-state index is 12.1. The summed E-state index contributed by atoms with van der Waals surface area (Å²) >= 11 is 0. The Morgan fingerprint density at radius 3 is 2.18 bits per heavy atom. The highest BCUT2D eigenvalue weighted by Gasteiger charge is 2.44. The Balaban J connectivity index is 4.61. The van der Waals surface area contributed by atoms with Crippen molar-refractivity contribution in [2.24, 2.45) is 11.1 Å². The number of hydrogen-bond donors (Lipinski definition) is 2. The van der Waals surface area contributed by atoms with Crippen LogP contribution in [0.3, 0.4) is 0 Å². The van der Waals surface area contributed by atoms with Crippen molar-refractivity contribution in [1.82, 2.24) is 0 Å². The Bertz CT molecular complexity index is 146. The first-order valence-electron chi connectivity index (χ1n) is 3.23. The predicted octanol–water partition coefficient (Wildman–Crippen LogP) is 0.691. The Morgan fingerprint density at radius 1 is 1.73 bits per heavy atom. The summed E-state index contributed by atoms with van der Waals surface area (Å²) < 4.78 is 24.3. The Hall–Kier alpha value is -0.710. The zero-order valence-electron chi connectivity index (χ0n) is 6.18. The van der Waals surface area contributed by atoms with Crippen molar-refractivity contribution in [3.8, 4) is 0 Å². The smallest absolute Gasteiger partial charge is 0.316 e. The zero-order valence-corrected chi connectivity index (χ0v) is 6.18. The number of rotatable bonds is 4. The van der Waals surface area contributed by atoms with Crippen molar-refractivity contribution in [3.05, 3.63) is 0 Å². The van der Waals surface area contributed by atoms with E-state index in [0.29, 0.717) is 0 Å². The summed E-state index contributed by atoms with van der Waals surface area (Å²) in [5, 5.41) is 8.43. The number of carboxylic acid groups (broad SMARTS) is 1. The number of aliphatic carboxylic acids is 1. The predicted molar refractivity (Wildman–Crippen MR) is 35.4 cm³/mol. The van der Waals surface area contributed by atoms with Crippen LogP contribution in [0.4, 0.5) is 8.78 Å². The fraction of sp³-hybridized carbons (Fsp3) is 0.833. The molecule has 0 spiro atoms. The van der Waals surface area contributed by atoms with E-state index in [-0.39, 0.29) is 6.42 Å². The molecular weight excluding hydrogens is 156 g/mol. The minimum Gasteiger partial charge on any atom is -0.481 e. The first-order valence-corrected chi connectivity index (χ1v) is 3.23. The van der Waals surface area contributed by atoms with E-state index in [9.17, 15) is 13.6 Å². The van der Waals surface area contributed by atoms with Crippen LogP contribution in [-0.4, -0.2) is 24.0 Å². The third kappa shape index (κ3) is 1.65. The molecule has 3 nitrogen and oxygen atoms in total. The van der Waals surface area contributed by atoms with Crippen LogP contribution >= 0.6 is 0 Å². The van der Waals surface area contributed by atoms with Gasteiger partial charge in [-0.2, -0.15) is 0 Å². The molecule has 0 bridgehead atoms. The lowest BCUT2D eigenvalue weighted by atomic mass is 9.86. The zero-order chi connectivity index (χ0) is 9.07. The van der Waals surface area contributed by atoms with E-state index in [1.54, 1.807) is 0 Å². The number of halogens is 2. The highest BCUT2D eigenvalue weighted by Crippen LogP contribution is 2.28. The van der Waals surface area contributed by atoms with Crippen molar-refractivity contribution >= 4 is 5.97 Å². The molecule has 0 aliphatic rings. The lowest BCUT2D eigenvalue weighted by Gasteiger charge is -2.24. The van der Waals surface area contributed by atoms with Crippen LogP contribution in [-0.2, 0) is 4.79 Å². The first kappa shape index (κ1) is 10.3. The van der Waals surface area contributed by atoms with Gasteiger partial charge in [0.15, 0.2) is 0 Å². The van der Waals surface area contributed by atoms with Gasteiger partial charge in [0.05, 0.1) is 0 Å². The number of carbonyl (C=O) groups is 1. The van der Waals surface area contributed by atoms with E-state index in [0.717, 1.165) is 0 Å². The average molecular weight is 167 g/mol. The molecule has 3 N–H and O–H groups in total. The summed E-state index contributed by atoms with van der Waals surface area (Å²) in [5.74, 6) is -1.53. The van der Waals surface area contributed by atoms with Crippen molar-refractivity contribution in [2.45, 2.75) is 19.8 Å². The van der Waals surface area contributed by atoms with Gasteiger partial charge in [0.1, 0.15) is 5.41 Å². The molecule has 11 heavy (non-hydrogen) atoms. The lowest BCUT2D eigenvalue weighted by molar-refractivity contribution is -0.158. The highest BCUT2D eigenvalue weighted by atomic mass is 19.3. The molecule has 0 amide bonds. The van der Waals surface area contributed by atoms with Crippen molar-refractivity contribution in [1.29, 1.82) is 0 Å². The third-order valence-electron chi connectivity index (χ3n) is 1.84. The van der Waals surface area contributed by atoms with E-state index < -0.39 is 24.4 Å². The molecule has 0 aliphatic heterocycles. The summed E-state index contributed by atoms with van der Waals surface area (Å²) in [6.45, 7) is 0.851. The topological polar surface area (TPSA) is 63.3 Å². The van der Waals surface area contributed by atoms with Gasteiger partial charge < -0.3 is 10.8 Å². The largest absolute Gasteiger partial charge is 0.481 e. The molecule has 0 aromatic heterocycles. The summed E-state index contributed by atoms with van der Waals surface area (Å²) in [6.07, 6.45) is -3.06. The summed E-state index contributed by atoms with van der Waals surface area (Å²) in [7, 11) is 0. The normalized spacial score (nSPS) is 16.5. The Morgan fingerprint density at radius 2 is 2.18 bits per heavy atom. The molecule has 1 unspecified atom stereocenters. The number of alkyl halides is 2. The van der Waals surface area contributed by atoms with E-state index in [4.69, 9.17) is 10.8 Å². The SMILES string of the molecule is CCC(CN)(C(=O)O)C(F)F. The quantitative estimate of drug-likeness (QED) is 0.647. The maximum absolute atomic E-state index is 12.1. The second-order valence-electron chi connectivity index (χ2n) is 2.32. The van der Waals surface area contributed by atoms with Gasteiger partial charge in [-0.3, -0.25) is 4.79 Å². The standard InChI is InChI=1S/C6H11F2NO2/c1-2-6(3-9,4(7)8)5(10)11/h4H,2-3,9H2,1H3,(H,10,11). The fourth-order valence-corrected chi connectivity index (χ4v) is 0.720. The van der Waals surface area contributed by atoms with Crippen LogP contribution in [0.5, 0.6) is 0 Å². The van der Waals surface area contributed by atoms with Gasteiger partial charge in [0.2, 0.25) is 0 Å². The minimum atomic E-state index is -2.91. The molecule has 0 aromatic rings. The molecule has 0 rings (SSSR count). The van der Waals surface area contributed by atoms with Gasteiger partial charge >= 0.3 is 5.97 Å². The summed E-state index contributed by atoms with van der Waals surface area (Å²) in [4.78, 5) is 10.4. The second-order valence-corrected chi connectivity index (χ2v) is 2.32. The van der Waals surface area contributed by atoms with E-state index in [2.05, 4.69) is 0 Å². The molecule has 66 valence electrons.